The standard InChI is InChI=1S/C20H20N2O5/c23-20(21-10-9-15-12-16(22(24)25)5-8-19(15)21)14-3-6-17(7-4-14)27-13-18-2-1-11-26-18/h3-8,12,18H,1-2,9-11,13H2. The van der Waals surface area contributed by atoms with Crippen LogP contribution < -0.4 is 9.64 Å². The number of carbonyl (C=O) groups is 1. The molecule has 1 fully saturated rings. The van der Waals surface area contributed by atoms with Crippen molar-refractivity contribution in [1.82, 2.24) is 0 Å². The molecule has 2 heterocycles. The van der Waals surface area contributed by atoms with Crippen LogP contribution in [0.1, 0.15) is 28.8 Å². The molecule has 0 bridgehead atoms. The van der Waals surface area contributed by atoms with Crippen molar-refractivity contribution in [3.05, 3.63) is 63.7 Å². The third kappa shape index (κ3) is 3.64. The Balaban J connectivity index is 1.43. The van der Waals surface area contributed by atoms with Crippen molar-refractivity contribution in [2.75, 3.05) is 24.7 Å². The number of carbonyl (C=O) groups excluding carboxylic acids is 1. The van der Waals surface area contributed by atoms with Gasteiger partial charge in [0.25, 0.3) is 11.6 Å². The summed E-state index contributed by atoms with van der Waals surface area (Å²) in [5, 5.41) is 10.9. The molecule has 1 atom stereocenters. The van der Waals surface area contributed by atoms with Crippen LogP contribution in [0.25, 0.3) is 0 Å². The number of ether oxygens (including phenoxy) is 2. The third-order valence-electron chi connectivity index (χ3n) is 4.98. The van der Waals surface area contributed by atoms with Crippen LogP contribution in [0.4, 0.5) is 11.4 Å². The normalized spacial score (nSPS) is 18.4. The summed E-state index contributed by atoms with van der Waals surface area (Å²) in [5.41, 5.74) is 2.18. The molecule has 2 aliphatic heterocycles. The van der Waals surface area contributed by atoms with Crippen LogP contribution in [0, 0.1) is 10.1 Å². The summed E-state index contributed by atoms with van der Waals surface area (Å²) in [4.78, 5) is 25.0. The van der Waals surface area contributed by atoms with Crippen molar-refractivity contribution in [3.8, 4) is 5.75 Å². The molecule has 2 aromatic rings. The number of benzene rings is 2. The Morgan fingerprint density at radius 3 is 2.78 bits per heavy atom. The van der Waals surface area contributed by atoms with Gasteiger partial charge in [-0.15, -0.1) is 0 Å². The lowest BCUT2D eigenvalue weighted by Crippen LogP contribution is -2.28. The van der Waals surface area contributed by atoms with Gasteiger partial charge in [-0.1, -0.05) is 0 Å². The van der Waals surface area contributed by atoms with Crippen molar-refractivity contribution in [3.63, 3.8) is 0 Å². The minimum atomic E-state index is -0.417. The van der Waals surface area contributed by atoms with E-state index in [4.69, 9.17) is 9.47 Å². The van der Waals surface area contributed by atoms with Crippen LogP contribution in [-0.2, 0) is 11.2 Å². The smallest absolute Gasteiger partial charge is 0.269 e. The van der Waals surface area contributed by atoms with Crippen LogP contribution in [0.15, 0.2) is 42.5 Å². The van der Waals surface area contributed by atoms with Crippen LogP contribution in [0.5, 0.6) is 5.75 Å². The molecular formula is C20H20N2O5. The number of nitrogens with zero attached hydrogens (tertiary/aromatic N) is 2. The number of non-ortho nitro benzene ring substituents is 1. The van der Waals surface area contributed by atoms with Gasteiger partial charge in [0.05, 0.1) is 11.0 Å². The first-order chi connectivity index (χ1) is 13.1. The SMILES string of the molecule is O=C(c1ccc(OCC2CCCO2)cc1)N1CCc2cc([N+](=O)[O-])ccc21. The van der Waals surface area contributed by atoms with Gasteiger partial charge in [0, 0.05) is 36.5 Å². The molecule has 0 saturated carbocycles. The van der Waals surface area contributed by atoms with E-state index in [1.165, 1.54) is 6.07 Å². The maximum Gasteiger partial charge on any atom is 0.269 e. The van der Waals surface area contributed by atoms with Gasteiger partial charge in [0.1, 0.15) is 12.4 Å². The summed E-state index contributed by atoms with van der Waals surface area (Å²) < 4.78 is 11.3. The molecule has 0 aliphatic carbocycles. The predicted octanol–water partition coefficient (Wildman–Crippen LogP) is 3.36. The van der Waals surface area contributed by atoms with Gasteiger partial charge in [-0.25, -0.2) is 0 Å². The van der Waals surface area contributed by atoms with Crippen molar-refractivity contribution < 1.29 is 19.2 Å². The number of fused-ring (bicyclic) bond motifs is 1. The second-order valence-corrected chi connectivity index (χ2v) is 6.75. The minimum Gasteiger partial charge on any atom is -0.491 e. The summed E-state index contributed by atoms with van der Waals surface area (Å²) in [6, 6.07) is 11.7. The Labute approximate surface area is 156 Å². The zero-order valence-corrected chi connectivity index (χ0v) is 14.8. The lowest BCUT2D eigenvalue weighted by molar-refractivity contribution is -0.384. The zero-order chi connectivity index (χ0) is 18.8. The van der Waals surface area contributed by atoms with E-state index < -0.39 is 4.92 Å². The third-order valence-corrected chi connectivity index (χ3v) is 4.98. The van der Waals surface area contributed by atoms with Gasteiger partial charge < -0.3 is 14.4 Å². The molecule has 1 unspecified atom stereocenters. The van der Waals surface area contributed by atoms with Crippen LogP contribution >= 0.6 is 0 Å². The summed E-state index contributed by atoms with van der Waals surface area (Å²) in [6.07, 6.45) is 2.85. The highest BCUT2D eigenvalue weighted by Crippen LogP contribution is 2.32. The van der Waals surface area contributed by atoms with Gasteiger partial charge in [-0.2, -0.15) is 0 Å². The zero-order valence-electron chi connectivity index (χ0n) is 14.8. The average Bonchev–Trinajstić information content (AvgIpc) is 3.35. The topological polar surface area (TPSA) is 81.9 Å². The summed E-state index contributed by atoms with van der Waals surface area (Å²) in [5.74, 6) is 0.591. The molecule has 2 aliphatic rings. The van der Waals surface area contributed by atoms with Crippen molar-refractivity contribution >= 4 is 17.3 Å². The van der Waals surface area contributed by atoms with E-state index in [-0.39, 0.29) is 17.7 Å². The first kappa shape index (κ1) is 17.5. The predicted molar refractivity (Wildman–Crippen MR) is 99.4 cm³/mol. The molecule has 4 rings (SSSR count). The first-order valence-corrected chi connectivity index (χ1v) is 9.05. The molecule has 0 spiro atoms. The summed E-state index contributed by atoms with van der Waals surface area (Å²) >= 11 is 0. The monoisotopic (exact) mass is 368 g/mol. The van der Waals surface area contributed by atoms with E-state index in [0.717, 1.165) is 30.7 Å². The molecule has 7 heteroatoms. The molecule has 1 saturated heterocycles. The van der Waals surface area contributed by atoms with E-state index in [1.54, 1.807) is 41.3 Å². The Hall–Kier alpha value is -2.93. The Kier molecular flexibility index (Phi) is 4.77. The fourth-order valence-corrected chi connectivity index (χ4v) is 3.53. The Bertz CT molecular complexity index is 859. The Morgan fingerprint density at radius 2 is 2.07 bits per heavy atom. The second kappa shape index (κ2) is 7.36. The fourth-order valence-electron chi connectivity index (χ4n) is 3.53. The van der Waals surface area contributed by atoms with E-state index >= 15 is 0 Å². The van der Waals surface area contributed by atoms with Crippen LogP contribution in [0.2, 0.25) is 0 Å². The summed E-state index contributed by atoms with van der Waals surface area (Å²) in [6.45, 7) is 1.83. The molecule has 0 aromatic heterocycles. The Morgan fingerprint density at radius 1 is 1.26 bits per heavy atom. The van der Waals surface area contributed by atoms with Crippen LogP contribution in [-0.4, -0.2) is 36.7 Å². The number of hydrogen-bond donors (Lipinski definition) is 0. The fraction of sp³-hybridized carbons (Fsp3) is 0.350. The lowest BCUT2D eigenvalue weighted by atomic mass is 10.1. The maximum atomic E-state index is 12.8. The lowest BCUT2D eigenvalue weighted by Gasteiger charge is -2.17. The van der Waals surface area contributed by atoms with Crippen LogP contribution in [0.3, 0.4) is 0 Å². The second-order valence-electron chi connectivity index (χ2n) is 6.75. The molecule has 2 aromatic carbocycles. The number of anilines is 1. The number of nitro groups is 1. The number of amides is 1. The van der Waals surface area contributed by atoms with Gasteiger partial charge >= 0.3 is 0 Å². The summed E-state index contributed by atoms with van der Waals surface area (Å²) in [7, 11) is 0. The molecule has 140 valence electrons. The highest BCUT2D eigenvalue weighted by atomic mass is 16.6. The van der Waals surface area contributed by atoms with Crippen molar-refractivity contribution in [2.24, 2.45) is 0 Å². The highest BCUT2D eigenvalue weighted by molar-refractivity contribution is 6.07. The number of hydrogen-bond acceptors (Lipinski definition) is 5. The van der Waals surface area contributed by atoms with E-state index in [2.05, 4.69) is 0 Å². The van der Waals surface area contributed by atoms with Crippen molar-refractivity contribution in [1.29, 1.82) is 0 Å². The molecule has 27 heavy (non-hydrogen) atoms. The first-order valence-electron chi connectivity index (χ1n) is 9.05. The van der Waals surface area contributed by atoms with E-state index in [0.29, 0.717) is 30.9 Å². The number of nitro benzene ring substituents is 1. The molecular weight excluding hydrogens is 348 g/mol. The van der Waals surface area contributed by atoms with Gasteiger partial charge in [-0.05, 0) is 55.2 Å². The van der Waals surface area contributed by atoms with Gasteiger partial charge in [0.2, 0.25) is 0 Å². The number of rotatable bonds is 5. The van der Waals surface area contributed by atoms with Crippen molar-refractivity contribution in [2.45, 2.75) is 25.4 Å². The quantitative estimate of drug-likeness (QED) is 0.597. The molecule has 0 N–H and O–H groups in total. The maximum absolute atomic E-state index is 12.8. The molecule has 1 amide bonds. The van der Waals surface area contributed by atoms with Gasteiger partial charge in [0.15, 0.2) is 0 Å². The average molecular weight is 368 g/mol. The highest BCUT2D eigenvalue weighted by Gasteiger charge is 2.27. The van der Waals surface area contributed by atoms with E-state index in [9.17, 15) is 14.9 Å². The van der Waals surface area contributed by atoms with E-state index in [1.807, 2.05) is 0 Å². The molecule has 7 nitrogen and oxygen atoms in total. The van der Waals surface area contributed by atoms with Gasteiger partial charge in [-0.3, -0.25) is 14.9 Å². The molecule has 0 radical (unpaired) electrons. The minimum absolute atomic E-state index is 0.0517. The largest absolute Gasteiger partial charge is 0.491 e.